The monoisotopic (exact) mass is 346 g/mol. The molecule has 0 aliphatic heterocycles. The molecule has 0 fully saturated rings. The number of carbonyl (C=O) groups excluding carboxylic acids is 1. The van der Waals surface area contributed by atoms with Crippen LogP contribution in [0.25, 0.3) is 0 Å². The second-order valence-corrected chi connectivity index (χ2v) is 6.55. The van der Waals surface area contributed by atoms with Gasteiger partial charge < -0.3 is 9.64 Å². The van der Waals surface area contributed by atoms with Gasteiger partial charge in [0.05, 0.1) is 17.9 Å². The minimum atomic E-state index is -3.99. The molecule has 24 heavy (non-hydrogen) atoms. The highest BCUT2D eigenvalue weighted by Gasteiger charge is 2.22. The first-order chi connectivity index (χ1) is 11.4. The Bertz CT molecular complexity index is 848. The summed E-state index contributed by atoms with van der Waals surface area (Å²) in [5, 5.41) is 0. The summed E-state index contributed by atoms with van der Waals surface area (Å²) in [4.78, 5) is 13.5. The number of anilines is 2. The molecule has 2 rings (SSSR count). The highest BCUT2D eigenvalue weighted by molar-refractivity contribution is 7.90. The zero-order valence-corrected chi connectivity index (χ0v) is 14.3. The van der Waals surface area contributed by atoms with Crippen LogP contribution in [0.4, 0.5) is 11.4 Å². The number of para-hydroxylation sites is 1. The Labute approximate surface area is 141 Å². The average molecular weight is 346 g/mol. The fourth-order valence-electron chi connectivity index (χ4n) is 2.20. The van der Waals surface area contributed by atoms with Crippen molar-refractivity contribution in [1.29, 1.82) is 0 Å². The predicted octanol–water partition coefficient (Wildman–Crippen LogP) is 3.02. The predicted molar refractivity (Wildman–Crippen MR) is 93.6 cm³/mol. The Hall–Kier alpha value is -2.67. The maximum atomic E-state index is 12.3. The van der Waals surface area contributed by atoms with Crippen molar-refractivity contribution in [3.63, 3.8) is 0 Å². The maximum absolute atomic E-state index is 12.3. The highest BCUT2D eigenvalue weighted by atomic mass is 32.2. The summed E-state index contributed by atoms with van der Waals surface area (Å²) >= 11 is 0. The Morgan fingerprint density at radius 1 is 1.21 bits per heavy atom. The molecule has 0 aliphatic carbocycles. The Kier molecular flexibility index (Phi) is 5.35. The lowest BCUT2D eigenvalue weighted by Crippen LogP contribution is -2.15. The van der Waals surface area contributed by atoms with E-state index in [0.29, 0.717) is 5.69 Å². The van der Waals surface area contributed by atoms with E-state index in [0.717, 1.165) is 5.69 Å². The molecule has 0 heterocycles. The van der Waals surface area contributed by atoms with Gasteiger partial charge in [0.2, 0.25) is 0 Å². The molecule has 0 radical (unpaired) electrons. The van der Waals surface area contributed by atoms with Crippen LogP contribution < -0.4 is 4.90 Å². The van der Waals surface area contributed by atoms with Gasteiger partial charge in [-0.1, -0.05) is 18.2 Å². The van der Waals surface area contributed by atoms with E-state index in [1.54, 1.807) is 24.9 Å². The summed E-state index contributed by atoms with van der Waals surface area (Å²) < 4.78 is 32.7. The van der Waals surface area contributed by atoms with Crippen LogP contribution in [0.15, 0.2) is 57.8 Å². The molecular weight excluding hydrogens is 328 g/mol. The second-order valence-electron chi connectivity index (χ2n) is 4.90. The summed E-state index contributed by atoms with van der Waals surface area (Å²) in [6, 6.07) is 13.6. The van der Waals surface area contributed by atoms with Crippen molar-refractivity contribution in [2.24, 2.45) is 4.40 Å². The lowest BCUT2D eigenvalue weighted by Gasteiger charge is -2.22. The fraction of sp³-hybridized carbons (Fsp3) is 0.176. The minimum absolute atomic E-state index is 0.102. The van der Waals surface area contributed by atoms with Gasteiger partial charge in [0.15, 0.2) is 0 Å². The maximum Gasteiger partial charge on any atom is 0.338 e. The van der Waals surface area contributed by atoms with Gasteiger partial charge in [-0.15, -0.1) is 0 Å². The number of hydrogen-bond acceptors (Lipinski definition) is 5. The lowest BCUT2D eigenvalue weighted by atomic mass is 10.2. The number of benzene rings is 2. The largest absolute Gasteiger partial charge is 0.462 e. The summed E-state index contributed by atoms with van der Waals surface area (Å²) in [6.45, 7) is 5.00. The van der Waals surface area contributed by atoms with Gasteiger partial charge in [0, 0.05) is 19.5 Å². The molecule has 0 spiro atoms. The van der Waals surface area contributed by atoms with Crippen LogP contribution in [-0.4, -0.2) is 34.8 Å². The SMILES string of the molecule is C=NS(=O)(=O)c1cc(C(=O)OCC)ccc1N(C)c1ccccc1. The molecule has 2 aromatic carbocycles. The molecule has 0 saturated carbocycles. The van der Waals surface area contributed by atoms with Gasteiger partial charge in [-0.3, -0.25) is 0 Å². The molecule has 0 bridgehead atoms. The number of carbonyl (C=O) groups is 1. The molecule has 6 nitrogen and oxygen atoms in total. The molecule has 0 saturated heterocycles. The van der Waals surface area contributed by atoms with Crippen LogP contribution >= 0.6 is 0 Å². The Morgan fingerprint density at radius 3 is 2.46 bits per heavy atom. The molecule has 7 heteroatoms. The lowest BCUT2D eigenvalue weighted by molar-refractivity contribution is 0.0526. The normalized spacial score (nSPS) is 10.9. The number of hydrogen-bond donors (Lipinski definition) is 0. The molecule has 0 atom stereocenters. The van der Waals surface area contributed by atoms with Crippen LogP contribution in [0, 0.1) is 0 Å². The smallest absolute Gasteiger partial charge is 0.338 e. The van der Waals surface area contributed by atoms with Crippen molar-refractivity contribution in [1.82, 2.24) is 0 Å². The first-order valence-electron chi connectivity index (χ1n) is 7.23. The van der Waals surface area contributed by atoms with Crippen LogP contribution in [0.5, 0.6) is 0 Å². The summed E-state index contributed by atoms with van der Waals surface area (Å²) in [5.41, 5.74) is 1.33. The van der Waals surface area contributed by atoms with E-state index < -0.39 is 16.0 Å². The van der Waals surface area contributed by atoms with Gasteiger partial charge in [-0.2, -0.15) is 12.8 Å². The van der Waals surface area contributed by atoms with Crippen LogP contribution in [-0.2, 0) is 14.8 Å². The van der Waals surface area contributed by atoms with E-state index >= 15 is 0 Å². The molecular formula is C17H18N2O4S. The molecule has 0 amide bonds. The summed E-state index contributed by atoms with van der Waals surface area (Å²) in [5.74, 6) is -0.591. The number of esters is 1. The van der Waals surface area contributed by atoms with Crippen LogP contribution in [0.1, 0.15) is 17.3 Å². The van der Waals surface area contributed by atoms with Crippen molar-refractivity contribution in [3.05, 3.63) is 54.1 Å². The van der Waals surface area contributed by atoms with E-state index in [9.17, 15) is 13.2 Å². The topological polar surface area (TPSA) is 76.0 Å². The number of sulfonamides is 1. The van der Waals surface area contributed by atoms with Crippen molar-refractivity contribution < 1.29 is 17.9 Å². The summed E-state index contributed by atoms with van der Waals surface area (Å²) in [6.07, 6.45) is 0. The van der Waals surface area contributed by atoms with Gasteiger partial charge in [-0.25, -0.2) is 4.79 Å². The zero-order chi connectivity index (χ0) is 17.7. The molecule has 0 aliphatic rings. The van der Waals surface area contributed by atoms with Crippen LogP contribution in [0.3, 0.4) is 0 Å². The Balaban J connectivity index is 2.59. The van der Waals surface area contributed by atoms with Gasteiger partial charge >= 0.3 is 5.97 Å². The van der Waals surface area contributed by atoms with E-state index in [1.807, 2.05) is 30.3 Å². The quantitative estimate of drug-likeness (QED) is 0.593. The van der Waals surface area contributed by atoms with E-state index in [-0.39, 0.29) is 17.1 Å². The molecule has 0 N–H and O–H groups in total. The third-order valence-electron chi connectivity index (χ3n) is 3.42. The number of nitrogens with zero attached hydrogens (tertiary/aromatic N) is 2. The Morgan fingerprint density at radius 2 is 1.88 bits per heavy atom. The third-order valence-corrected chi connectivity index (χ3v) is 4.65. The number of ether oxygens (including phenoxy) is 1. The van der Waals surface area contributed by atoms with Crippen molar-refractivity contribution >= 4 is 34.1 Å². The summed E-state index contributed by atoms with van der Waals surface area (Å²) in [7, 11) is -2.26. The number of rotatable bonds is 6. The van der Waals surface area contributed by atoms with E-state index in [1.165, 1.54) is 12.1 Å². The van der Waals surface area contributed by atoms with Gasteiger partial charge in [0.25, 0.3) is 10.0 Å². The van der Waals surface area contributed by atoms with Gasteiger partial charge in [0.1, 0.15) is 4.90 Å². The minimum Gasteiger partial charge on any atom is -0.462 e. The van der Waals surface area contributed by atoms with Crippen molar-refractivity contribution in [2.75, 3.05) is 18.6 Å². The first-order valence-corrected chi connectivity index (χ1v) is 8.67. The van der Waals surface area contributed by atoms with Crippen LogP contribution in [0.2, 0.25) is 0 Å². The molecule has 126 valence electrons. The molecule has 2 aromatic rings. The first kappa shape index (κ1) is 17.7. The highest BCUT2D eigenvalue weighted by Crippen LogP contribution is 2.32. The molecule has 0 aromatic heterocycles. The molecule has 0 unspecified atom stereocenters. The standard InChI is InChI=1S/C17H18N2O4S/c1-4-23-17(20)13-10-11-15(16(12-13)24(21,22)18-2)19(3)14-8-6-5-7-9-14/h5-12H,2,4H2,1,3H3. The van der Waals surface area contributed by atoms with Gasteiger partial charge in [-0.05, 0) is 37.3 Å². The third kappa shape index (κ3) is 3.62. The van der Waals surface area contributed by atoms with Crippen molar-refractivity contribution in [3.8, 4) is 0 Å². The second kappa shape index (κ2) is 7.27. The van der Waals surface area contributed by atoms with E-state index in [4.69, 9.17) is 4.74 Å². The zero-order valence-electron chi connectivity index (χ0n) is 13.5. The van der Waals surface area contributed by atoms with E-state index in [2.05, 4.69) is 11.1 Å². The average Bonchev–Trinajstić information content (AvgIpc) is 2.61. The van der Waals surface area contributed by atoms with Crippen molar-refractivity contribution in [2.45, 2.75) is 11.8 Å². The fourth-order valence-corrected chi connectivity index (χ4v) is 3.08.